The topological polar surface area (TPSA) is 80.8 Å². The first-order valence-electron chi connectivity index (χ1n) is 8.79. The number of hydrogen-bond acceptors (Lipinski definition) is 8. The Morgan fingerprint density at radius 1 is 1.03 bits per heavy atom. The summed E-state index contributed by atoms with van der Waals surface area (Å²) in [5.41, 5.74) is 1.95. The van der Waals surface area contributed by atoms with Gasteiger partial charge in [0.05, 0.1) is 17.6 Å². The van der Waals surface area contributed by atoms with E-state index in [1.165, 1.54) is 11.3 Å². The van der Waals surface area contributed by atoms with E-state index in [0.717, 1.165) is 16.1 Å². The second kappa shape index (κ2) is 7.82. The van der Waals surface area contributed by atoms with Gasteiger partial charge in [-0.2, -0.15) is 18.2 Å². The molecule has 0 aromatic carbocycles. The third-order valence-electron chi connectivity index (χ3n) is 4.30. The number of anilines is 2. The summed E-state index contributed by atoms with van der Waals surface area (Å²) in [7, 11) is 0. The second-order valence-corrected chi connectivity index (χ2v) is 7.58. The Morgan fingerprint density at radius 2 is 1.87 bits per heavy atom. The Labute approximate surface area is 173 Å². The van der Waals surface area contributed by atoms with Crippen molar-refractivity contribution in [3.8, 4) is 10.7 Å². The molecule has 0 spiro atoms. The monoisotopic (exact) mass is 432 g/mol. The van der Waals surface area contributed by atoms with E-state index >= 15 is 0 Å². The van der Waals surface area contributed by atoms with Gasteiger partial charge in [0.25, 0.3) is 0 Å². The lowest BCUT2D eigenvalue weighted by atomic mass is 10.2. The molecule has 154 valence electrons. The average molecular weight is 432 g/mol. The van der Waals surface area contributed by atoms with Gasteiger partial charge < -0.3 is 9.42 Å². The van der Waals surface area contributed by atoms with E-state index < -0.39 is 12.1 Å². The van der Waals surface area contributed by atoms with Crippen LogP contribution in [-0.2, 0) is 12.7 Å². The Balaban J connectivity index is 1.64. The molecule has 0 amide bonds. The number of nitrogens with zero attached hydrogens (tertiary/aromatic N) is 6. The smallest absolute Gasteiger partial charge is 0.329 e. The van der Waals surface area contributed by atoms with Crippen LogP contribution in [0.3, 0.4) is 0 Å². The fraction of sp³-hybridized carbons (Fsp3) is 0.211. The minimum absolute atomic E-state index is 0.103. The summed E-state index contributed by atoms with van der Waals surface area (Å²) in [5.74, 6) is -0.184. The van der Waals surface area contributed by atoms with Crippen LogP contribution >= 0.6 is 11.3 Å². The van der Waals surface area contributed by atoms with Gasteiger partial charge in [-0.25, -0.2) is 9.97 Å². The molecular weight excluding hydrogens is 417 g/mol. The van der Waals surface area contributed by atoms with Crippen molar-refractivity contribution in [1.29, 1.82) is 0 Å². The molecule has 0 saturated carbocycles. The standard InChI is InChI=1S/C19H15F3N6OS/c1-11-3-6-15(25-12(11)2)28(16-9-23-7-8-24-16)10-13-4-5-14(30-13)17-26-18(29-27-17)19(20,21)22/h3-9H,10H2,1-2H3. The number of pyridine rings is 1. The lowest BCUT2D eigenvalue weighted by molar-refractivity contribution is -0.159. The Morgan fingerprint density at radius 3 is 2.53 bits per heavy atom. The highest BCUT2D eigenvalue weighted by atomic mass is 32.1. The van der Waals surface area contributed by atoms with Gasteiger partial charge in [0.2, 0.25) is 5.82 Å². The molecular formula is C19H15F3N6OS. The normalized spacial score (nSPS) is 11.6. The van der Waals surface area contributed by atoms with E-state index in [9.17, 15) is 13.2 Å². The quantitative estimate of drug-likeness (QED) is 0.441. The van der Waals surface area contributed by atoms with Gasteiger partial charge >= 0.3 is 12.1 Å². The zero-order valence-electron chi connectivity index (χ0n) is 15.9. The molecule has 0 atom stereocenters. The van der Waals surface area contributed by atoms with E-state index in [0.29, 0.717) is 23.1 Å². The molecule has 4 rings (SSSR count). The van der Waals surface area contributed by atoms with Gasteiger partial charge in [-0.3, -0.25) is 4.98 Å². The van der Waals surface area contributed by atoms with Crippen LogP contribution in [0, 0.1) is 13.8 Å². The number of thiophene rings is 1. The predicted octanol–water partition coefficient (Wildman–Crippen LogP) is 4.96. The number of halogens is 3. The number of aromatic nitrogens is 5. The minimum Gasteiger partial charge on any atom is -0.329 e. The fourth-order valence-corrected chi connectivity index (χ4v) is 3.58. The molecule has 4 aromatic heterocycles. The van der Waals surface area contributed by atoms with Crippen LogP contribution in [0.15, 0.2) is 47.4 Å². The molecule has 4 aromatic rings. The average Bonchev–Trinajstić information content (AvgIpc) is 3.38. The van der Waals surface area contributed by atoms with E-state index in [1.54, 1.807) is 30.7 Å². The third kappa shape index (κ3) is 4.15. The number of aryl methyl sites for hydroxylation is 2. The summed E-state index contributed by atoms with van der Waals surface area (Å²) in [6.07, 6.45) is 0.109. The van der Waals surface area contributed by atoms with Gasteiger partial charge in [0.1, 0.15) is 5.82 Å². The predicted molar refractivity (Wildman–Crippen MR) is 104 cm³/mol. The molecule has 0 unspecified atom stereocenters. The fourth-order valence-electron chi connectivity index (χ4n) is 2.66. The molecule has 0 bridgehead atoms. The number of hydrogen-bond donors (Lipinski definition) is 0. The lowest BCUT2D eigenvalue weighted by Crippen LogP contribution is -2.18. The SMILES string of the molecule is Cc1ccc(N(Cc2ccc(-c3noc(C(F)(F)F)n3)s2)c2cnccn2)nc1C. The largest absolute Gasteiger partial charge is 0.471 e. The van der Waals surface area contributed by atoms with E-state index in [-0.39, 0.29) is 5.82 Å². The van der Waals surface area contributed by atoms with Crippen LogP contribution < -0.4 is 4.90 Å². The molecule has 11 heteroatoms. The van der Waals surface area contributed by atoms with Crippen LogP contribution in [0.5, 0.6) is 0 Å². The molecule has 0 N–H and O–H groups in total. The summed E-state index contributed by atoms with van der Waals surface area (Å²) in [6, 6.07) is 7.32. The van der Waals surface area contributed by atoms with Crippen LogP contribution in [-0.4, -0.2) is 25.1 Å². The summed E-state index contributed by atoms with van der Waals surface area (Å²) in [5, 5.41) is 3.44. The van der Waals surface area contributed by atoms with Gasteiger partial charge in [-0.1, -0.05) is 11.2 Å². The van der Waals surface area contributed by atoms with Gasteiger partial charge in [-0.05, 0) is 37.6 Å². The number of rotatable bonds is 5. The molecule has 0 aliphatic carbocycles. The third-order valence-corrected chi connectivity index (χ3v) is 5.37. The zero-order chi connectivity index (χ0) is 21.3. The minimum atomic E-state index is -4.68. The molecule has 30 heavy (non-hydrogen) atoms. The molecule has 0 radical (unpaired) electrons. The van der Waals surface area contributed by atoms with Gasteiger partial charge in [-0.15, -0.1) is 11.3 Å². The Hall–Kier alpha value is -3.34. The Kier molecular flexibility index (Phi) is 5.20. The van der Waals surface area contributed by atoms with Crippen LogP contribution in [0.2, 0.25) is 0 Å². The number of alkyl halides is 3. The Bertz CT molecular complexity index is 1160. The van der Waals surface area contributed by atoms with E-state index in [1.807, 2.05) is 30.9 Å². The highest BCUT2D eigenvalue weighted by Gasteiger charge is 2.38. The van der Waals surface area contributed by atoms with Crippen molar-refractivity contribution in [2.24, 2.45) is 0 Å². The van der Waals surface area contributed by atoms with Crippen molar-refractivity contribution >= 4 is 23.0 Å². The summed E-state index contributed by atoms with van der Waals surface area (Å²) >= 11 is 1.26. The molecule has 0 aliphatic rings. The van der Waals surface area contributed by atoms with Crippen molar-refractivity contribution < 1.29 is 17.7 Å². The molecule has 0 fully saturated rings. The van der Waals surface area contributed by atoms with Crippen LogP contribution in [0.4, 0.5) is 24.8 Å². The maximum absolute atomic E-state index is 12.7. The van der Waals surface area contributed by atoms with Crippen molar-refractivity contribution in [2.45, 2.75) is 26.6 Å². The highest BCUT2D eigenvalue weighted by Crippen LogP contribution is 2.33. The first kappa shape index (κ1) is 20.0. The summed E-state index contributed by atoms with van der Waals surface area (Å²) < 4.78 is 42.5. The van der Waals surface area contributed by atoms with Crippen molar-refractivity contribution in [2.75, 3.05) is 4.90 Å². The molecule has 4 heterocycles. The lowest BCUT2D eigenvalue weighted by Gasteiger charge is -2.22. The van der Waals surface area contributed by atoms with E-state index in [4.69, 9.17) is 0 Å². The van der Waals surface area contributed by atoms with Crippen LogP contribution in [0.1, 0.15) is 22.0 Å². The van der Waals surface area contributed by atoms with Gasteiger partial charge in [0, 0.05) is 23.0 Å². The van der Waals surface area contributed by atoms with Gasteiger partial charge in [0.15, 0.2) is 5.82 Å². The maximum atomic E-state index is 12.7. The van der Waals surface area contributed by atoms with Crippen molar-refractivity contribution in [3.63, 3.8) is 0 Å². The molecule has 7 nitrogen and oxygen atoms in total. The molecule has 0 saturated heterocycles. The van der Waals surface area contributed by atoms with Crippen molar-refractivity contribution in [3.05, 3.63) is 64.9 Å². The van der Waals surface area contributed by atoms with Crippen LogP contribution in [0.25, 0.3) is 10.7 Å². The molecule has 0 aliphatic heterocycles. The zero-order valence-corrected chi connectivity index (χ0v) is 16.7. The summed E-state index contributed by atoms with van der Waals surface area (Å²) in [6.45, 7) is 4.29. The maximum Gasteiger partial charge on any atom is 0.471 e. The second-order valence-electron chi connectivity index (χ2n) is 6.41. The highest BCUT2D eigenvalue weighted by molar-refractivity contribution is 7.15. The van der Waals surface area contributed by atoms with E-state index in [2.05, 4.69) is 29.6 Å². The summed E-state index contributed by atoms with van der Waals surface area (Å²) in [4.78, 5) is 19.8. The van der Waals surface area contributed by atoms with Crippen molar-refractivity contribution in [1.82, 2.24) is 25.1 Å². The first-order valence-corrected chi connectivity index (χ1v) is 9.60. The first-order chi connectivity index (χ1) is 14.3.